The van der Waals surface area contributed by atoms with Crippen LogP contribution < -0.4 is 10.6 Å². The molecule has 0 radical (unpaired) electrons. The molecule has 3 N–H and O–H groups in total. The third-order valence-electron chi connectivity index (χ3n) is 3.99. The lowest BCUT2D eigenvalue weighted by atomic mass is 10.0. The molecule has 0 saturated carbocycles. The number of aliphatic imine (C=N–C) groups is 1. The van der Waals surface area contributed by atoms with Gasteiger partial charge in [-0.2, -0.15) is 11.8 Å². The number of furan rings is 1. The van der Waals surface area contributed by atoms with Gasteiger partial charge in [-0.15, -0.1) is 0 Å². The molecule has 1 unspecified atom stereocenters. The van der Waals surface area contributed by atoms with E-state index >= 15 is 0 Å². The zero-order valence-corrected chi connectivity index (χ0v) is 14.5. The van der Waals surface area contributed by atoms with Crippen LogP contribution in [0.2, 0.25) is 0 Å². The smallest absolute Gasteiger partial charge is 0.191 e. The molecule has 124 valence electrons. The van der Waals surface area contributed by atoms with Crippen LogP contribution in [0, 0.1) is 12.8 Å². The van der Waals surface area contributed by atoms with Crippen molar-refractivity contribution in [2.24, 2.45) is 10.9 Å². The summed E-state index contributed by atoms with van der Waals surface area (Å²) in [5.41, 5.74) is -1.06. The standard InChI is InChI=1S/C16H27N3O2S/c1-12-4-5-14(21-12)16(2,20)11-19-15(17-3)18-10-13-6-8-22-9-7-13/h4-5,13,20H,6-11H2,1-3H3,(H2,17,18,19). The summed E-state index contributed by atoms with van der Waals surface area (Å²) < 4.78 is 5.52. The topological polar surface area (TPSA) is 69.8 Å². The van der Waals surface area contributed by atoms with Crippen LogP contribution in [0.4, 0.5) is 0 Å². The van der Waals surface area contributed by atoms with Gasteiger partial charge in [0.2, 0.25) is 0 Å². The molecule has 1 aliphatic rings. The molecule has 1 aliphatic heterocycles. The Morgan fingerprint density at radius 2 is 2.14 bits per heavy atom. The SMILES string of the molecule is CN=C(NCC1CCSCC1)NCC(C)(O)c1ccc(C)o1. The van der Waals surface area contributed by atoms with Crippen LogP contribution in [-0.4, -0.2) is 42.7 Å². The molecule has 0 aliphatic carbocycles. The second-order valence-electron chi connectivity index (χ2n) is 6.05. The van der Waals surface area contributed by atoms with Gasteiger partial charge in [-0.3, -0.25) is 4.99 Å². The second-order valence-corrected chi connectivity index (χ2v) is 7.27. The van der Waals surface area contributed by atoms with E-state index in [2.05, 4.69) is 15.6 Å². The molecule has 5 nitrogen and oxygen atoms in total. The van der Waals surface area contributed by atoms with Gasteiger partial charge >= 0.3 is 0 Å². The van der Waals surface area contributed by atoms with Crippen LogP contribution in [0.25, 0.3) is 0 Å². The van der Waals surface area contributed by atoms with Crippen molar-refractivity contribution in [1.29, 1.82) is 0 Å². The molecular formula is C16H27N3O2S. The van der Waals surface area contributed by atoms with E-state index in [4.69, 9.17) is 4.42 Å². The van der Waals surface area contributed by atoms with Crippen molar-refractivity contribution in [2.45, 2.75) is 32.3 Å². The average Bonchev–Trinajstić information content (AvgIpc) is 2.96. The Bertz CT molecular complexity index is 493. The summed E-state index contributed by atoms with van der Waals surface area (Å²) >= 11 is 2.03. The molecule has 2 heterocycles. The molecule has 1 atom stereocenters. The van der Waals surface area contributed by atoms with Crippen LogP contribution in [0.1, 0.15) is 31.3 Å². The van der Waals surface area contributed by atoms with Crippen LogP contribution in [0.15, 0.2) is 21.5 Å². The third kappa shape index (κ3) is 4.95. The Kier molecular flexibility index (Phi) is 6.20. The number of nitrogens with zero attached hydrogens (tertiary/aromatic N) is 1. The summed E-state index contributed by atoms with van der Waals surface area (Å²) in [4.78, 5) is 4.22. The minimum absolute atomic E-state index is 0.347. The quantitative estimate of drug-likeness (QED) is 0.571. The minimum Gasteiger partial charge on any atom is -0.463 e. The maximum Gasteiger partial charge on any atom is 0.191 e. The van der Waals surface area contributed by atoms with E-state index in [1.807, 2.05) is 30.8 Å². The Morgan fingerprint density at radius 1 is 1.41 bits per heavy atom. The van der Waals surface area contributed by atoms with Crippen LogP contribution in [-0.2, 0) is 5.60 Å². The zero-order chi connectivity index (χ0) is 16.0. The summed E-state index contributed by atoms with van der Waals surface area (Å²) in [7, 11) is 1.75. The molecule has 22 heavy (non-hydrogen) atoms. The summed E-state index contributed by atoms with van der Waals surface area (Å²) in [6.07, 6.45) is 2.52. The lowest BCUT2D eigenvalue weighted by molar-refractivity contribution is 0.0378. The summed E-state index contributed by atoms with van der Waals surface area (Å²) in [5, 5.41) is 17.1. The van der Waals surface area contributed by atoms with Gasteiger partial charge in [0, 0.05) is 13.6 Å². The lowest BCUT2D eigenvalue weighted by Crippen LogP contribution is -2.45. The van der Waals surface area contributed by atoms with E-state index in [-0.39, 0.29) is 0 Å². The normalized spacial score (nSPS) is 19.7. The van der Waals surface area contributed by atoms with Gasteiger partial charge in [-0.25, -0.2) is 0 Å². The first kappa shape index (κ1) is 17.2. The number of guanidine groups is 1. The first-order valence-electron chi connectivity index (χ1n) is 7.83. The van der Waals surface area contributed by atoms with E-state index in [0.29, 0.717) is 18.2 Å². The average molecular weight is 325 g/mol. The van der Waals surface area contributed by atoms with E-state index in [9.17, 15) is 5.11 Å². The van der Waals surface area contributed by atoms with Gasteiger partial charge in [0.05, 0.1) is 6.54 Å². The number of hydrogen-bond acceptors (Lipinski definition) is 4. The Morgan fingerprint density at radius 3 is 2.73 bits per heavy atom. The highest BCUT2D eigenvalue weighted by molar-refractivity contribution is 7.99. The maximum atomic E-state index is 10.5. The molecule has 2 rings (SSSR count). The fourth-order valence-corrected chi connectivity index (χ4v) is 3.68. The molecule has 1 aromatic heterocycles. The van der Waals surface area contributed by atoms with Gasteiger partial charge in [-0.05, 0) is 56.2 Å². The molecule has 6 heteroatoms. The summed E-state index contributed by atoms with van der Waals surface area (Å²) in [5.74, 6) is 5.32. The van der Waals surface area contributed by atoms with Crippen molar-refractivity contribution in [3.05, 3.63) is 23.7 Å². The van der Waals surface area contributed by atoms with Crippen LogP contribution >= 0.6 is 11.8 Å². The molecule has 0 aromatic carbocycles. The molecule has 0 spiro atoms. The number of aliphatic hydroxyl groups is 1. The van der Waals surface area contributed by atoms with Crippen molar-refractivity contribution in [3.63, 3.8) is 0 Å². The summed E-state index contributed by atoms with van der Waals surface area (Å²) in [6, 6.07) is 3.67. The number of aryl methyl sites for hydroxylation is 1. The van der Waals surface area contributed by atoms with Gasteiger partial charge < -0.3 is 20.2 Å². The lowest BCUT2D eigenvalue weighted by Gasteiger charge is -2.25. The fourth-order valence-electron chi connectivity index (χ4n) is 2.48. The Balaban J connectivity index is 1.80. The second kappa shape index (κ2) is 7.92. The molecule has 0 amide bonds. The summed E-state index contributed by atoms with van der Waals surface area (Å²) in [6.45, 7) is 4.89. The van der Waals surface area contributed by atoms with Crippen molar-refractivity contribution in [2.75, 3.05) is 31.6 Å². The molecule has 1 saturated heterocycles. The van der Waals surface area contributed by atoms with Gasteiger partial charge in [0.15, 0.2) is 5.96 Å². The van der Waals surface area contributed by atoms with Crippen molar-refractivity contribution in [3.8, 4) is 0 Å². The molecule has 1 aromatic rings. The number of rotatable bonds is 5. The van der Waals surface area contributed by atoms with Crippen molar-refractivity contribution < 1.29 is 9.52 Å². The van der Waals surface area contributed by atoms with Gasteiger partial charge in [-0.1, -0.05) is 0 Å². The Hall–Kier alpha value is -1.14. The molecular weight excluding hydrogens is 298 g/mol. The number of hydrogen-bond donors (Lipinski definition) is 3. The minimum atomic E-state index is -1.06. The maximum absolute atomic E-state index is 10.5. The zero-order valence-electron chi connectivity index (χ0n) is 13.7. The molecule has 1 fully saturated rings. The predicted molar refractivity (Wildman–Crippen MR) is 92.4 cm³/mol. The first-order valence-corrected chi connectivity index (χ1v) is 8.98. The highest BCUT2D eigenvalue weighted by Crippen LogP contribution is 2.22. The largest absolute Gasteiger partial charge is 0.463 e. The van der Waals surface area contributed by atoms with Crippen LogP contribution in [0.5, 0.6) is 0 Å². The third-order valence-corrected chi connectivity index (χ3v) is 5.04. The van der Waals surface area contributed by atoms with E-state index in [1.165, 1.54) is 24.3 Å². The number of thioether (sulfide) groups is 1. The van der Waals surface area contributed by atoms with E-state index in [1.54, 1.807) is 14.0 Å². The fraction of sp³-hybridized carbons (Fsp3) is 0.688. The Labute approximate surface area is 137 Å². The first-order chi connectivity index (χ1) is 10.5. The monoisotopic (exact) mass is 325 g/mol. The molecule has 0 bridgehead atoms. The van der Waals surface area contributed by atoms with E-state index in [0.717, 1.165) is 18.3 Å². The van der Waals surface area contributed by atoms with Gasteiger partial charge in [0.1, 0.15) is 17.1 Å². The van der Waals surface area contributed by atoms with Crippen molar-refractivity contribution in [1.82, 2.24) is 10.6 Å². The van der Waals surface area contributed by atoms with E-state index < -0.39 is 5.60 Å². The van der Waals surface area contributed by atoms with Crippen molar-refractivity contribution >= 4 is 17.7 Å². The highest BCUT2D eigenvalue weighted by Gasteiger charge is 2.27. The highest BCUT2D eigenvalue weighted by atomic mass is 32.2. The van der Waals surface area contributed by atoms with Gasteiger partial charge in [0.25, 0.3) is 0 Å². The van der Waals surface area contributed by atoms with Crippen LogP contribution in [0.3, 0.4) is 0 Å². The predicted octanol–water partition coefficient (Wildman–Crippen LogP) is 2.10. The number of nitrogens with one attached hydrogen (secondary N) is 2.